The Kier molecular flexibility index (Phi) is 3.99. The molecule has 0 spiro atoms. The molecule has 4 heteroatoms. The summed E-state index contributed by atoms with van der Waals surface area (Å²) < 4.78 is 0. The maximum atomic E-state index is 10.5. The van der Waals surface area contributed by atoms with Gasteiger partial charge in [0.05, 0.1) is 6.04 Å². The summed E-state index contributed by atoms with van der Waals surface area (Å²) in [6.45, 7) is 0.938. The molecule has 1 rings (SSSR count). The van der Waals surface area contributed by atoms with E-state index in [1.807, 2.05) is 0 Å². The molecule has 0 bridgehead atoms. The fourth-order valence-corrected chi connectivity index (χ4v) is 1.09. The predicted molar refractivity (Wildman–Crippen MR) is 38.4 cm³/mol. The van der Waals surface area contributed by atoms with Crippen LogP contribution in [-0.4, -0.2) is 24.0 Å². The molecule has 4 nitrogen and oxygen atoms in total. The number of carbonyl (C=O) groups is 1. The highest BCUT2D eigenvalue weighted by atomic mass is 16.1. The first-order valence-electron chi connectivity index (χ1n) is 3.33. The fourth-order valence-electron chi connectivity index (χ4n) is 1.09. The molecule has 0 saturated carbocycles. The second-order valence-corrected chi connectivity index (χ2v) is 2.40. The zero-order valence-corrected chi connectivity index (χ0v) is 5.89. The fraction of sp³-hybridized carbons (Fsp3) is 0.833. The smallest absolute Gasteiger partial charge is 0.234 e. The maximum Gasteiger partial charge on any atom is 0.234 e. The quantitative estimate of drug-likeness (QED) is 0.486. The average Bonchev–Trinajstić information content (AvgIpc) is 1.90. The Morgan fingerprint density at radius 1 is 1.50 bits per heavy atom. The molecular weight excluding hydrogens is 132 g/mol. The minimum Gasteiger partial charge on any atom is -0.412 e. The molecule has 0 radical (unpaired) electrons. The molecule has 0 aliphatic carbocycles. The van der Waals surface area contributed by atoms with Crippen LogP contribution in [0, 0.1) is 0 Å². The summed E-state index contributed by atoms with van der Waals surface area (Å²) in [6.07, 6.45) is 3.21. The van der Waals surface area contributed by atoms with Crippen LogP contribution in [0.4, 0.5) is 0 Å². The Labute approximate surface area is 60.1 Å². The van der Waals surface area contributed by atoms with Crippen LogP contribution in [0.25, 0.3) is 0 Å². The standard InChI is InChI=1S/C6H12N2O.H2O/c7-6(9)5-3-1-2-4-8-5;/h5,8H,1-4H2,(H2,7,9);1H2. The number of rotatable bonds is 1. The second kappa shape index (κ2) is 4.24. The molecule has 0 aromatic heterocycles. The first-order valence-corrected chi connectivity index (χ1v) is 3.33. The molecule has 1 unspecified atom stereocenters. The van der Waals surface area contributed by atoms with E-state index in [9.17, 15) is 4.79 Å². The minimum absolute atomic E-state index is 0. The summed E-state index contributed by atoms with van der Waals surface area (Å²) in [5.74, 6) is -0.213. The van der Waals surface area contributed by atoms with Crippen molar-refractivity contribution in [1.82, 2.24) is 5.32 Å². The Balaban J connectivity index is 0.000000810. The summed E-state index contributed by atoms with van der Waals surface area (Å²) in [7, 11) is 0. The number of amides is 1. The summed E-state index contributed by atoms with van der Waals surface area (Å²) in [4.78, 5) is 10.5. The van der Waals surface area contributed by atoms with E-state index in [1.165, 1.54) is 6.42 Å². The third-order valence-electron chi connectivity index (χ3n) is 1.65. The van der Waals surface area contributed by atoms with Crippen LogP contribution in [0.1, 0.15) is 19.3 Å². The molecule has 1 saturated heterocycles. The lowest BCUT2D eigenvalue weighted by atomic mass is 10.1. The lowest BCUT2D eigenvalue weighted by molar-refractivity contribution is -0.120. The van der Waals surface area contributed by atoms with Crippen molar-refractivity contribution in [2.45, 2.75) is 25.3 Å². The maximum absolute atomic E-state index is 10.5. The molecule has 1 fully saturated rings. The first kappa shape index (κ1) is 9.39. The molecule has 60 valence electrons. The van der Waals surface area contributed by atoms with E-state index >= 15 is 0 Å². The van der Waals surface area contributed by atoms with Crippen LogP contribution in [0.2, 0.25) is 0 Å². The van der Waals surface area contributed by atoms with Gasteiger partial charge >= 0.3 is 0 Å². The molecule has 1 atom stereocenters. The summed E-state index contributed by atoms with van der Waals surface area (Å²) >= 11 is 0. The van der Waals surface area contributed by atoms with Crippen molar-refractivity contribution in [2.24, 2.45) is 5.73 Å². The highest BCUT2D eigenvalue weighted by Gasteiger charge is 2.16. The summed E-state index contributed by atoms with van der Waals surface area (Å²) in [5.41, 5.74) is 5.07. The number of nitrogens with two attached hydrogens (primary N) is 1. The lowest BCUT2D eigenvalue weighted by Crippen LogP contribution is -2.44. The SMILES string of the molecule is NC(=O)C1CCCCN1.O. The first-order chi connectivity index (χ1) is 4.30. The van der Waals surface area contributed by atoms with E-state index in [2.05, 4.69) is 5.32 Å². The van der Waals surface area contributed by atoms with Gasteiger partial charge in [-0.25, -0.2) is 0 Å². The molecule has 1 amide bonds. The molecule has 1 aliphatic heterocycles. The number of primary amides is 1. The van der Waals surface area contributed by atoms with Crippen LogP contribution in [0.15, 0.2) is 0 Å². The zero-order chi connectivity index (χ0) is 6.69. The van der Waals surface area contributed by atoms with Crippen molar-refractivity contribution >= 4 is 5.91 Å². The molecule has 10 heavy (non-hydrogen) atoms. The molecule has 1 aliphatic rings. The van der Waals surface area contributed by atoms with Gasteiger partial charge in [-0.2, -0.15) is 0 Å². The van der Waals surface area contributed by atoms with E-state index in [-0.39, 0.29) is 17.4 Å². The van der Waals surface area contributed by atoms with Crippen LogP contribution in [0.3, 0.4) is 0 Å². The third kappa shape index (κ3) is 2.33. The van der Waals surface area contributed by atoms with Crippen LogP contribution in [-0.2, 0) is 4.79 Å². The van der Waals surface area contributed by atoms with Crippen molar-refractivity contribution in [3.63, 3.8) is 0 Å². The average molecular weight is 146 g/mol. The van der Waals surface area contributed by atoms with Gasteiger partial charge in [0, 0.05) is 0 Å². The van der Waals surface area contributed by atoms with Gasteiger partial charge in [0.2, 0.25) is 5.91 Å². The van der Waals surface area contributed by atoms with E-state index < -0.39 is 0 Å². The number of hydrogen-bond donors (Lipinski definition) is 2. The Hall–Kier alpha value is -0.610. The molecule has 0 aromatic carbocycles. The van der Waals surface area contributed by atoms with Gasteiger partial charge in [0.25, 0.3) is 0 Å². The molecule has 5 N–H and O–H groups in total. The molecule has 0 aromatic rings. The van der Waals surface area contributed by atoms with E-state index in [4.69, 9.17) is 5.73 Å². The van der Waals surface area contributed by atoms with E-state index in [1.54, 1.807) is 0 Å². The Bertz CT molecular complexity index is 110. The topological polar surface area (TPSA) is 86.6 Å². The van der Waals surface area contributed by atoms with Gasteiger partial charge in [-0.1, -0.05) is 6.42 Å². The monoisotopic (exact) mass is 146 g/mol. The number of carbonyl (C=O) groups excluding carboxylic acids is 1. The van der Waals surface area contributed by atoms with Crippen LogP contribution >= 0.6 is 0 Å². The third-order valence-corrected chi connectivity index (χ3v) is 1.65. The normalized spacial score (nSPS) is 25.0. The zero-order valence-electron chi connectivity index (χ0n) is 5.89. The van der Waals surface area contributed by atoms with E-state index in [0.29, 0.717) is 0 Å². The van der Waals surface area contributed by atoms with Gasteiger partial charge in [-0.05, 0) is 19.4 Å². The van der Waals surface area contributed by atoms with Gasteiger partial charge in [0.1, 0.15) is 0 Å². The van der Waals surface area contributed by atoms with Crippen LogP contribution < -0.4 is 11.1 Å². The lowest BCUT2D eigenvalue weighted by Gasteiger charge is -2.19. The number of hydrogen-bond acceptors (Lipinski definition) is 2. The highest BCUT2D eigenvalue weighted by molar-refractivity contribution is 5.79. The van der Waals surface area contributed by atoms with Gasteiger partial charge in [-0.15, -0.1) is 0 Å². The van der Waals surface area contributed by atoms with Crippen molar-refractivity contribution < 1.29 is 10.3 Å². The number of piperidine rings is 1. The highest BCUT2D eigenvalue weighted by Crippen LogP contribution is 2.05. The summed E-state index contributed by atoms with van der Waals surface area (Å²) in [5, 5.41) is 3.04. The predicted octanol–water partition coefficient (Wildman–Crippen LogP) is -1.21. The summed E-state index contributed by atoms with van der Waals surface area (Å²) in [6, 6.07) is -0.0567. The Morgan fingerprint density at radius 2 is 2.20 bits per heavy atom. The van der Waals surface area contributed by atoms with Crippen molar-refractivity contribution in [3.05, 3.63) is 0 Å². The van der Waals surface area contributed by atoms with Crippen molar-refractivity contribution in [1.29, 1.82) is 0 Å². The van der Waals surface area contributed by atoms with Gasteiger partial charge < -0.3 is 16.5 Å². The van der Waals surface area contributed by atoms with Gasteiger partial charge in [0.15, 0.2) is 0 Å². The second-order valence-electron chi connectivity index (χ2n) is 2.40. The van der Waals surface area contributed by atoms with Gasteiger partial charge in [-0.3, -0.25) is 4.79 Å². The minimum atomic E-state index is -0.213. The largest absolute Gasteiger partial charge is 0.412 e. The van der Waals surface area contributed by atoms with Crippen LogP contribution in [0.5, 0.6) is 0 Å². The Morgan fingerprint density at radius 3 is 2.50 bits per heavy atom. The molecule has 1 heterocycles. The molecular formula is C6H14N2O2. The van der Waals surface area contributed by atoms with Crippen molar-refractivity contribution in [2.75, 3.05) is 6.54 Å². The van der Waals surface area contributed by atoms with Crippen molar-refractivity contribution in [3.8, 4) is 0 Å². The van der Waals surface area contributed by atoms with E-state index in [0.717, 1.165) is 19.4 Å². The number of nitrogens with one attached hydrogen (secondary N) is 1.